The number of ether oxygens (including phenoxy) is 1. The Hall–Kier alpha value is -2.11. The van der Waals surface area contributed by atoms with Crippen LogP contribution in [0.25, 0.3) is 0 Å². The highest BCUT2D eigenvalue weighted by Gasteiger charge is 2.57. The quantitative estimate of drug-likeness (QED) is 0.901. The van der Waals surface area contributed by atoms with Gasteiger partial charge in [-0.2, -0.15) is 0 Å². The molecule has 2 saturated carbocycles. The summed E-state index contributed by atoms with van der Waals surface area (Å²) < 4.78 is 19.4. The summed E-state index contributed by atoms with van der Waals surface area (Å²) in [5, 5.41) is 3.01. The Kier molecular flexibility index (Phi) is 3.97. The van der Waals surface area contributed by atoms with Crippen molar-refractivity contribution >= 4 is 12.0 Å². The number of benzene rings is 1. The van der Waals surface area contributed by atoms with Gasteiger partial charge in [-0.3, -0.25) is 9.69 Å². The van der Waals surface area contributed by atoms with Crippen molar-refractivity contribution in [2.45, 2.75) is 69.7 Å². The Morgan fingerprint density at radius 3 is 2.62 bits per heavy atom. The molecule has 1 N–H and O–H groups in total. The van der Waals surface area contributed by atoms with Crippen LogP contribution >= 0.6 is 0 Å². The zero-order valence-corrected chi connectivity index (χ0v) is 15.4. The number of hydrogen-bond donors (Lipinski definition) is 1. The molecule has 0 radical (unpaired) electrons. The summed E-state index contributed by atoms with van der Waals surface area (Å²) in [5.41, 5.74) is 0.0633. The van der Waals surface area contributed by atoms with Crippen LogP contribution in [-0.2, 0) is 9.53 Å². The van der Waals surface area contributed by atoms with Crippen molar-refractivity contribution in [2.75, 3.05) is 0 Å². The molecule has 4 rings (SSSR count). The van der Waals surface area contributed by atoms with Gasteiger partial charge >= 0.3 is 6.09 Å². The molecule has 3 fully saturated rings. The molecule has 26 heavy (non-hydrogen) atoms. The van der Waals surface area contributed by atoms with Crippen LogP contribution in [0.2, 0.25) is 0 Å². The second-order valence-electron chi connectivity index (χ2n) is 8.68. The van der Waals surface area contributed by atoms with Crippen LogP contribution in [0.15, 0.2) is 24.3 Å². The number of hydrogen-bond acceptors (Lipinski definition) is 3. The van der Waals surface area contributed by atoms with Crippen molar-refractivity contribution in [3.8, 4) is 0 Å². The molecule has 1 heterocycles. The second-order valence-corrected chi connectivity index (χ2v) is 8.68. The summed E-state index contributed by atoms with van der Waals surface area (Å²) in [6.45, 7) is 5.47. The van der Waals surface area contributed by atoms with E-state index in [2.05, 4.69) is 5.32 Å². The molecule has 5 nitrogen and oxygen atoms in total. The topological polar surface area (TPSA) is 58.6 Å². The number of nitrogens with one attached hydrogen (secondary N) is 1. The number of carbonyl (C=O) groups excluding carboxylic acids is 2. The number of amides is 2. The summed E-state index contributed by atoms with van der Waals surface area (Å²) in [7, 11) is 0. The summed E-state index contributed by atoms with van der Waals surface area (Å²) in [6.07, 6.45) is 1.96. The smallest absolute Gasteiger partial charge is 0.411 e. The van der Waals surface area contributed by atoms with Crippen molar-refractivity contribution in [3.05, 3.63) is 35.6 Å². The molecule has 0 aromatic heterocycles. The molecule has 1 aromatic rings. The van der Waals surface area contributed by atoms with Crippen molar-refractivity contribution in [1.29, 1.82) is 0 Å². The van der Waals surface area contributed by atoms with Crippen LogP contribution in [0.3, 0.4) is 0 Å². The number of fused-ring (bicyclic) bond motifs is 1. The van der Waals surface area contributed by atoms with Crippen LogP contribution in [-0.4, -0.2) is 40.6 Å². The summed E-state index contributed by atoms with van der Waals surface area (Å²) >= 11 is 0. The van der Waals surface area contributed by atoms with Crippen molar-refractivity contribution < 1.29 is 18.7 Å². The van der Waals surface area contributed by atoms with E-state index in [-0.39, 0.29) is 29.7 Å². The van der Waals surface area contributed by atoms with Crippen LogP contribution in [0.4, 0.5) is 9.18 Å². The van der Waals surface area contributed by atoms with E-state index in [9.17, 15) is 14.0 Å². The first-order valence-corrected chi connectivity index (χ1v) is 9.31. The first-order valence-electron chi connectivity index (χ1n) is 9.31. The van der Waals surface area contributed by atoms with Gasteiger partial charge in [0.1, 0.15) is 17.5 Å². The van der Waals surface area contributed by atoms with Gasteiger partial charge in [0.15, 0.2) is 0 Å². The lowest BCUT2D eigenvalue weighted by Gasteiger charge is -2.30. The number of piperidine rings is 1. The molecule has 6 heteroatoms. The molecule has 1 saturated heterocycles. The Labute approximate surface area is 152 Å². The van der Waals surface area contributed by atoms with Crippen LogP contribution in [0, 0.1) is 11.7 Å². The standard InChI is InChI=1S/C20H25FN2O3/c1-20(2,3)26-19(25)23-16-8-11(16)9-17(23)18(24)22-15-10-13(15)12-6-4-5-7-14(12)21/h4-7,11,13,15-17H,8-10H2,1-3H3,(H,22,24)/t11-,13?,15?,16-,17+/m1/s1. The number of halogens is 1. The lowest BCUT2D eigenvalue weighted by molar-refractivity contribution is -0.126. The maximum absolute atomic E-state index is 13.9. The monoisotopic (exact) mass is 360 g/mol. The van der Waals surface area contributed by atoms with E-state index in [0.717, 1.165) is 12.8 Å². The molecular weight excluding hydrogens is 335 g/mol. The minimum absolute atomic E-state index is 0.0195. The van der Waals surface area contributed by atoms with Gasteiger partial charge in [-0.05, 0) is 57.6 Å². The summed E-state index contributed by atoms with van der Waals surface area (Å²) in [6, 6.07) is 6.28. The van der Waals surface area contributed by atoms with Gasteiger partial charge in [0.05, 0.1) is 0 Å². The van der Waals surface area contributed by atoms with E-state index in [1.54, 1.807) is 17.0 Å². The molecule has 0 spiro atoms. The number of nitrogens with zero attached hydrogens (tertiary/aromatic N) is 1. The zero-order valence-electron chi connectivity index (χ0n) is 15.4. The minimum atomic E-state index is -0.586. The number of carbonyl (C=O) groups is 2. The van der Waals surface area contributed by atoms with Gasteiger partial charge in [0.25, 0.3) is 0 Å². The van der Waals surface area contributed by atoms with E-state index < -0.39 is 17.7 Å². The molecule has 0 bridgehead atoms. The van der Waals surface area contributed by atoms with Gasteiger partial charge in [-0.15, -0.1) is 0 Å². The largest absolute Gasteiger partial charge is 0.444 e. The normalized spacial score (nSPS) is 32.0. The van der Waals surface area contributed by atoms with E-state index in [0.29, 0.717) is 17.9 Å². The maximum Gasteiger partial charge on any atom is 0.411 e. The minimum Gasteiger partial charge on any atom is -0.444 e. The van der Waals surface area contributed by atoms with E-state index in [1.165, 1.54) is 6.07 Å². The second kappa shape index (κ2) is 5.96. The first-order chi connectivity index (χ1) is 12.2. The highest BCUT2D eigenvalue weighted by Crippen LogP contribution is 2.49. The number of rotatable bonds is 3. The SMILES string of the molecule is CC(C)(C)OC(=O)N1[C@@H]2C[C@@H]2C[C@H]1C(=O)NC1CC1c1ccccc1F. The van der Waals surface area contributed by atoms with Gasteiger partial charge < -0.3 is 10.1 Å². The third kappa shape index (κ3) is 3.29. The average Bonchev–Trinajstić information content (AvgIpc) is 3.44. The predicted octanol–water partition coefficient (Wildman–Crippen LogP) is 3.20. The molecule has 2 aliphatic carbocycles. The van der Waals surface area contributed by atoms with Gasteiger partial charge in [0, 0.05) is 18.0 Å². The first kappa shape index (κ1) is 17.3. The predicted molar refractivity (Wildman–Crippen MR) is 94.1 cm³/mol. The van der Waals surface area contributed by atoms with Crippen LogP contribution in [0.1, 0.15) is 51.5 Å². The fourth-order valence-electron chi connectivity index (χ4n) is 4.02. The van der Waals surface area contributed by atoms with E-state index in [1.807, 2.05) is 26.8 Å². The van der Waals surface area contributed by atoms with Gasteiger partial charge in [-0.25, -0.2) is 9.18 Å². The third-order valence-electron chi connectivity index (χ3n) is 5.43. The number of likely N-dealkylation sites (tertiary alicyclic amines) is 1. The maximum atomic E-state index is 13.9. The summed E-state index contributed by atoms with van der Waals surface area (Å²) in [4.78, 5) is 26.9. The molecule has 1 aliphatic heterocycles. The van der Waals surface area contributed by atoms with Gasteiger partial charge in [0.2, 0.25) is 5.91 Å². The van der Waals surface area contributed by atoms with Gasteiger partial charge in [-0.1, -0.05) is 18.2 Å². The molecule has 2 amide bonds. The molecule has 2 unspecified atom stereocenters. The highest BCUT2D eigenvalue weighted by atomic mass is 19.1. The van der Waals surface area contributed by atoms with E-state index >= 15 is 0 Å². The fourth-order valence-corrected chi connectivity index (χ4v) is 4.02. The van der Waals surface area contributed by atoms with Crippen LogP contribution < -0.4 is 5.32 Å². The molecular formula is C20H25FN2O3. The Bertz CT molecular complexity index is 745. The van der Waals surface area contributed by atoms with Crippen LogP contribution in [0.5, 0.6) is 0 Å². The zero-order chi connectivity index (χ0) is 18.6. The molecule has 140 valence electrons. The molecule has 5 atom stereocenters. The van der Waals surface area contributed by atoms with E-state index in [4.69, 9.17) is 4.74 Å². The summed E-state index contributed by atoms with van der Waals surface area (Å²) in [5.74, 6) is 0.0459. The lowest BCUT2D eigenvalue weighted by atomic mass is 10.1. The third-order valence-corrected chi connectivity index (χ3v) is 5.43. The van der Waals surface area contributed by atoms with Crippen molar-refractivity contribution in [2.24, 2.45) is 5.92 Å². The molecule has 1 aromatic carbocycles. The Balaban J connectivity index is 1.39. The van der Waals surface area contributed by atoms with Crippen molar-refractivity contribution in [3.63, 3.8) is 0 Å². The highest BCUT2D eigenvalue weighted by molar-refractivity contribution is 5.87. The Morgan fingerprint density at radius 1 is 1.19 bits per heavy atom. The fraction of sp³-hybridized carbons (Fsp3) is 0.600. The average molecular weight is 360 g/mol. The lowest BCUT2D eigenvalue weighted by Crippen LogP contribution is -2.50. The van der Waals surface area contributed by atoms with Crippen molar-refractivity contribution in [1.82, 2.24) is 10.2 Å². The molecule has 3 aliphatic rings. The Morgan fingerprint density at radius 2 is 1.92 bits per heavy atom.